The third-order valence-electron chi connectivity index (χ3n) is 22.9. The fraction of sp³-hybridized carbons (Fsp3) is 0.562. The van der Waals surface area contributed by atoms with Gasteiger partial charge in [0.1, 0.15) is 19.8 Å². The number of rotatable bonds is 8. The highest BCUT2D eigenvalue weighted by Crippen LogP contribution is 2.49. The lowest BCUT2D eigenvalue weighted by molar-refractivity contribution is -0.130. The number of likely N-dealkylation sites (tertiary alicyclic amines) is 5. The van der Waals surface area contributed by atoms with Crippen LogP contribution in [0.3, 0.4) is 0 Å². The quantitative estimate of drug-likeness (QED) is 0.126. The molecule has 0 radical (unpaired) electrons. The first-order valence-corrected chi connectivity index (χ1v) is 36.1. The van der Waals surface area contributed by atoms with Crippen molar-refractivity contribution in [2.45, 2.75) is 156 Å². The Hall–Kier alpha value is -9.76. The minimum absolute atomic E-state index is 0.0246. The predicted octanol–water partition coefficient (Wildman–Crippen LogP) is 6.68. The fourth-order valence-electron chi connectivity index (χ4n) is 15.5. The predicted molar refractivity (Wildman–Crippen MR) is 368 cm³/mol. The van der Waals surface area contributed by atoms with Crippen LogP contribution in [0.5, 0.6) is 23.0 Å². The molecule has 5 aromatic heterocycles. The van der Waals surface area contributed by atoms with Crippen LogP contribution in [-0.2, 0) is 14.3 Å². The van der Waals surface area contributed by atoms with Crippen LogP contribution in [0.15, 0.2) is 73.6 Å². The maximum Gasteiger partial charge on any atom is 0.410 e. The molecule has 0 bridgehead atoms. The zero-order valence-corrected chi connectivity index (χ0v) is 57.4. The summed E-state index contributed by atoms with van der Waals surface area (Å²) in [6.07, 6.45) is 25.9. The SMILES string of the molecule is CC(=O)N(C)[C@H]1CCN(C(=O)c2cnc3c(c2)OCC2(CC2)N3)C1.O=C(c1cnc2c(c1)OCC1(CC1)N2)N1CCC(c2ccncc2)C1.O=C(c1cnc2c(c1)OCCC1(CC1)N2)N1CC[C@H](N2CCCC2=O)C1.O=C(c1cnc2c(c1)OCCC1(CC1)N2)N1CC[C@H](N2CCOC2=O)C1. The molecule has 4 atom stereocenters. The molecule has 0 aromatic carbocycles. The Bertz CT molecular complexity index is 3940. The molecule has 14 aliphatic rings. The van der Waals surface area contributed by atoms with E-state index < -0.39 is 0 Å². The highest BCUT2D eigenvalue weighted by Gasteiger charge is 2.50. The Labute approximate surface area is 585 Å². The number of aromatic nitrogens is 5. The van der Waals surface area contributed by atoms with Gasteiger partial charge in [-0.25, -0.2) is 24.7 Å². The average molecular weight is 1380 g/mol. The van der Waals surface area contributed by atoms with Gasteiger partial charge in [-0.1, -0.05) is 0 Å². The smallest absolute Gasteiger partial charge is 0.410 e. The van der Waals surface area contributed by atoms with Crippen LogP contribution < -0.4 is 40.2 Å². The second kappa shape index (κ2) is 26.6. The van der Waals surface area contributed by atoms with E-state index in [0.29, 0.717) is 136 Å². The Morgan fingerprint density at radius 2 is 0.901 bits per heavy atom. The molecule has 28 heteroatoms. The number of hydrogen-bond donors (Lipinski definition) is 4. The van der Waals surface area contributed by atoms with Crippen molar-refractivity contribution in [2.24, 2.45) is 0 Å². The van der Waals surface area contributed by atoms with Crippen LogP contribution in [-0.4, -0.2) is 247 Å². The van der Waals surface area contributed by atoms with Crippen molar-refractivity contribution in [1.82, 2.24) is 59.2 Å². The molecule has 15 heterocycles. The minimum atomic E-state index is -0.274. The summed E-state index contributed by atoms with van der Waals surface area (Å²) in [4.78, 5) is 121. The number of amides is 7. The van der Waals surface area contributed by atoms with Gasteiger partial charge >= 0.3 is 6.09 Å². The van der Waals surface area contributed by atoms with Gasteiger partial charge in [-0.2, -0.15) is 0 Å². The van der Waals surface area contributed by atoms with Crippen molar-refractivity contribution in [1.29, 1.82) is 0 Å². The molecule has 10 fully saturated rings. The van der Waals surface area contributed by atoms with E-state index in [4.69, 9.17) is 23.7 Å². The Kier molecular flexibility index (Phi) is 17.4. The lowest BCUT2D eigenvalue weighted by Crippen LogP contribution is -2.39. The largest absolute Gasteiger partial charge is 0.490 e. The fourth-order valence-corrected chi connectivity index (χ4v) is 15.5. The van der Waals surface area contributed by atoms with Gasteiger partial charge in [-0.3, -0.25) is 38.7 Å². The normalized spacial score (nSPS) is 24.7. The molecule has 10 aliphatic heterocycles. The van der Waals surface area contributed by atoms with Crippen molar-refractivity contribution >= 4 is 64.8 Å². The molecule has 4 N–H and O–H groups in total. The monoisotopic (exact) mass is 1380 g/mol. The summed E-state index contributed by atoms with van der Waals surface area (Å²) in [6.45, 7) is 11.2. The number of likely N-dealkylation sites (N-methyl/N-ethyl adjacent to an activating group) is 1. The molecule has 4 aliphatic carbocycles. The van der Waals surface area contributed by atoms with Crippen LogP contribution in [0.2, 0.25) is 0 Å². The van der Waals surface area contributed by atoms with Gasteiger partial charge in [0.2, 0.25) is 11.8 Å². The topological polar surface area (TPSA) is 301 Å². The first-order chi connectivity index (χ1) is 49.0. The Balaban J connectivity index is 0.000000105. The van der Waals surface area contributed by atoms with Crippen LogP contribution in [0.4, 0.5) is 28.1 Å². The first kappa shape index (κ1) is 65.8. The third kappa shape index (κ3) is 14.0. The number of anilines is 4. The van der Waals surface area contributed by atoms with Gasteiger partial charge in [-0.05, 0) is 125 Å². The van der Waals surface area contributed by atoms with Gasteiger partial charge in [-0.15, -0.1) is 0 Å². The van der Waals surface area contributed by atoms with E-state index in [-0.39, 0.29) is 81.8 Å². The maximum atomic E-state index is 12.9. The van der Waals surface area contributed by atoms with E-state index in [0.717, 1.165) is 139 Å². The molecule has 4 spiro atoms. The summed E-state index contributed by atoms with van der Waals surface area (Å²) in [5, 5.41) is 13.8. The van der Waals surface area contributed by atoms with E-state index in [1.54, 1.807) is 70.5 Å². The number of fused-ring (bicyclic) bond motifs is 4. The third-order valence-corrected chi connectivity index (χ3v) is 22.9. The molecule has 1 unspecified atom stereocenters. The number of pyridine rings is 5. The number of ether oxygens (including phenoxy) is 5. The molecule has 101 heavy (non-hydrogen) atoms. The van der Waals surface area contributed by atoms with Gasteiger partial charge in [0, 0.05) is 146 Å². The van der Waals surface area contributed by atoms with Crippen LogP contribution >= 0.6 is 0 Å². The number of hydrogen-bond acceptors (Lipinski definition) is 21. The van der Waals surface area contributed by atoms with E-state index in [9.17, 15) is 33.6 Å². The number of nitrogens with one attached hydrogen (secondary N) is 4. The number of carbonyl (C=O) groups excluding carboxylic acids is 7. The summed E-state index contributed by atoms with van der Waals surface area (Å²) in [7, 11) is 1.79. The summed E-state index contributed by atoms with van der Waals surface area (Å²) >= 11 is 0. The summed E-state index contributed by atoms with van der Waals surface area (Å²) in [5.74, 6) is 6.14. The van der Waals surface area contributed by atoms with Gasteiger partial charge in [0.15, 0.2) is 46.3 Å². The highest BCUT2D eigenvalue weighted by molar-refractivity contribution is 5.97. The summed E-state index contributed by atoms with van der Waals surface area (Å²) in [5.41, 5.74) is 3.95. The van der Waals surface area contributed by atoms with Gasteiger partial charge in [0.25, 0.3) is 23.6 Å². The molecule has 28 nitrogen and oxygen atoms in total. The molecule has 5 aromatic rings. The molecule has 7 amide bonds. The number of cyclic esters (lactones) is 1. The zero-order valence-electron chi connectivity index (χ0n) is 57.4. The lowest BCUT2D eigenvalue weighted by atomic mass is 10.00. The van der Waals surface area contributed by atoms with Crippen LogP contribution in [0.1, 0.15) is 163 Å². The van der Waals surface area contributed by atoms with Crippen molar-refractivity contribution < 1.29 is 57.2 Å². The number of carbonyl (C=O) groups is 7. The molecule has 532 valence electrons. The molecule has 6 saturated heterocycles. The molecular formula is C73H88N16O12. The second-order valence-corrected chi connectivity index (χ2v) is 29.9. The van der Waals surface area contributed by atoms with Crippen LogP contribution in [0, 0.1) is 0 Å². The Morgan fingerprint density at radius 3 is 1.34 bits per heavy atom. The molecule has 4 saturated carbocycles. The van der Waals surface area contributed by atoms with Gasteiger partial charge < -0.3 is 74.4 Å². The van der Waals surface area contributed by atoms with E-state index in [1.807, 2.05) is 51.4 Å². The van der Waals surface area contributed by atoms with E-state index >= 15 is 0 Å². The first-order valence-electron chi connectivity index (χ1n) is 36.1. The number of nitrogens with zero attached hydrogens (tertiary/aromatic N) is 12. The highest BCUT2D eigenvalue weighted by atomic mass is 16.6. The second-order valence-electron chi connectivity index (χ2n) is 29.9. The van der Waals surface area contributed by atoms with Gasteiger partial charge in [0.05, 0.1) is 71.2 Å². The molecular weight excluding hydrogens is 1290 g/mol. The summed E-state index contributed by atoms with van der Waals surface area (Å²) in [6, 6.07) is 11.6. The molecule has 19 rings (SSSR count). The average Bonchev–Trinajstić information content (AvgIpc) is 1.68. The zero-order chi connectivity index (χ0) is 69.2. The summed E-state index contributed by atoms with van der Waals surface area (Å²) < 4.78 is 28.3. The minimum Gasteiger partial charge on any atom is -0.490 e. The standard InChI is InChI=1S/C19H24N4O3.C19H20N4O2.C18H22N4O4.C17H22N4O3/c24-16-2-1-7-23(16)14-3-8-22(12-14)18(25)13-10-15-17(20-11-13)21-19(4-5-19)6-9-26-15;24-18(23-8-3-14(11-23)13-1-6-20-7-2-13)15-9-16-17(21-10-15)22-19(4-5-19)12-25-16;23-16(21-5-1-13(11-21)22-6-8-26-17(22)24)12-9-14-15(19-10-12)20-18(2-3-18)4-7-25-14;1-11(22)20(2)13-3-6-21(9-13)16(23)12-7-14-15(18-8-12)19-17(4-5-17)10-24-14/h10-11,14H,1-9,12H2,(H,20,21);1-2,6-7,9-10,14H,3-5,8,11-12H2,(H,21,22);9-10,13H,1-8,11H2,(H,19,20);7-8,13H,3-6,9-10H2,1-2H3,(H,18,19)/t14-;;2*13-/m0.00/s1. The van der Waals surface area contributed by atoms with Crippen molar-refractivity contribution in [3.63, 3.8) is 0 Å². The van der Waals surface area contributed by atoms with E-state index in [2.05, 4.69) is 46.2 Å². The van der Waals surface area contributed by atoms with Crippen molar-refractivity contribution in [3.05, 3.63) is 101 Å². The maximum absolute atomic E-state index is 12.9. The van der Waals surface area contributed by atoms with Crippen LogP contribution in [0.25, 0.3) is 0 Å². The Morgan fingerprint density at radius 1 is 0.475 bits per heavy atom. The van der Waals surface area contributed by atoms with E-state index in [1.165, 1.54) is 5.56 Å². The van der Waals surface area contributed by atoms with Crippen molar-refractivity contribution in [2.75, 3.05) is 127 Å². The van der Waals surface area contributed by atoms with Crippen molar-refractivity contribution in [3.8, 4) is 23.0 Å². The lowest BCUT2D eigenvalue weighted by Gasteiger charge is -2.27.